The summed E-state index contributed by atoms with van der Waals surface area (Å²) >= 11 is 0. The Hall–Kier alpha value is -2.83. The molecule has 0 aliphatic rings. The van der Waals surface area contributed by atoms with E-state index < -0.39 is 11.6 Å². The molecule has 34 heavy (non-hydrogen) atoms. The van der Waals surface area contributed by atoms with E-state index in [2.05, 4.69) is 16.0 Å². The van der Waals surface area contributed by atoms with Crippen molar-refractivity contribution in [2.24, 2.45) is 0 Å². The molecule has 0 amide bonds. The second-order valence-corrected chi connectivity index (χ2v) is 7.69. The zero-order chi connectivity index (χ0) is 23.8. The van der Waals surface area contributed by atoms with Crippen LogP contribution in [0, 0.1) is 17.7 Å². The summed E-state index contributed by atoms with van der Waals surface area (Å²) in [5.74, 6) is -1.30. The zero-order valence-electron chi connectivity index (χ0n) is 18.7. The van der Waals surface area contributed by atoms with Crippen molar-refractivity contribution in [3.63, 3.8) is 0 Å². The summed E-state index contributed by atoms with van der Waals surface area (Å²) in [6.07, 6.45) is 1.25. The molecule has 1 radical (unpaired) electrons. The van der Waals surface area contributed by atoms with Gasteiger partial charge in [-0.15, -0.1) is 35.9 Å². The monoisotopic (exact) mass is 640 g/mol. The van der Waals surface area contributed by atoms with Crippen LogP contribution in [0.15, 0.2) is 79.0 Å². The molecule has 2 N–H and O–H groups in total. The van der Waals surface area contributed by atoms with Crippen molar-refractivity contribution >= 4 is 0 Å². The van der Waals surface area contributed by atoms with Crippen molar-refractivity contribution in [2.75, 3.05) is 0 Å². The Bertz CT molecular complexity index is 1150. The molecule has 3 aromatic carbocycles. The van der Waals surface area contributed by atoms with Crippen molar-refractivity contribution in [2.45, 2.75) is 32.5 Å². The maximum absolute atomic E-state index is 13.6. The SMILES string of the molecule is CC(O)CC(C)O.Fc1cc(F)cc(-c2cnc(-c3[c-]cccc3)c(-c3ccccc3)n2)c1.[Ir]. The van der Waals surface area contributed by atoms with Crippen LogP contribution in [-0.2, 0) is 20.1 Å². The summed E-state index contributed by atoms with van der Waals surface area (Å²) in [5, 5.41) is 17.1. The van der Waals surface area contributed by atoms with Gasteiger partial charge in [0.15, 0.2) is 0 Å². The Morgan fingerprint density at radius 1 is 0.824 bits per heavy atom. The molecule has 7 heteroatoms. The normalized spacial score (nSPS) is 12.1. The molecule has 0 fully saturated rings. The fourth-order valence-electron chi connectivity index (χ4n) is 3.26. The van der Waals surface area contributed by atoms with E-state index >= 15 is 0 Å². The molecule has 0 saturated heterocycles. The molecule has 4 nitrogen and oxygen atoms in total. The largest absolute Gasteiger partial charge is 0.393 e. The van der Waals surface area contributed by atoms with Crippen molar-refractivity contribution < 1.29 is 39.1 Å². The predicted molar refractivity (Wildman–Crippen MR) is 125 cm³/mol. The fraction of sp³-hybridized carbons (Fsp3) is 0.185. The van der Waals surface area contributed by atoms with Gasteiger partial charge >= 0.3 is 0 Å². The minimum Gasteiger partial charge on any atom is -0.393 e. The van der Waals surface area contributed by atoms with Gasteiger partial charge < -0.3 is 15.2 Å². The van der Waals surface area contributed by atoms with Gasteiger partial charge in [-0.05, 0) is 38.0 Å². The van der Waals surface area contributed by atoms with Gasteiger partial charge in [0, 0.05) is 43.6 Å². The maximum Gasteiger partial charge on any atom is 0.126 e. The van der Waals surface area contributed by atoms with E-state index in [4.69, 9.17) is 10.2 Å². The third-order valence-electron chi connectivity index (χ3n) is 4.62. The van der Waals surface area contributed by atoms with Gasteiger partial charge in [0.25, 0.3) is 0 Å². The topological polar surface area (TPSA) is 66.2 Å². The number of aromatic nitrogens is 2. The first kappa shape index (κ1) is 27.4. The Kier molecular flexibility index (Phi) is 10.6. The van der Waals surface area contributed by atoms with Gasteiger partial charge in [0.05, 0.1) is 23.6 Å². The minimum atomic E-state index is -0.650. The molecular weight excluding hydrogens is 615 g/mol. The number of benzene rings is 3. The molecule has 0 bridgehead atoms. The van der Waals surface area contributed by atoms with E-state index in [1.807, 2.05) is 54.6 Å². The second-order valence-electron chi connectivity index (χ2n) is 7.69. The molecule has 0 aliphatic heterocycles. The van der Waals surface area contributed by atoms with E-state index in [0.29, 0.717) is 29.1 Å². The number of hydrogen-bond donors (Lipinski definition) is 2. The summed E-state index contributed by atoms with van der Waals surface area (Å²) in [4.78, 5) is 9.18. The summed E-state index contributed by atoms with van der Waals surface area (Å²) in [6, 6.07) is 23.5. The van der Waals surface area contributed by atoms with E-state index in [1.165, 1.54) is 18.3 Å². The molecule has 2 unspecified atom stereocenters. The van der Waals surface area contributed by atoms with Crippen LogP contribution in [-0.4, -0.2) is 32.4 Å². The molecular formula is C27H25F2IrN2O2-. The van der Waals surface area contributed by atoms with Gasteiger partial charge in [0.1, 0.15) is 11.6 Å². The van der Waals surface area contributed by atoms with Crippen molar-refractivity contribution in [3.8, 4) is 33.8 Å². The van der Waals surface area contributed by atoms with Crippen LogP contribution >= 0.6 is 0 Å². The third kappa shape index (κ3) is 7.89. The van der Waals surface area contributed by atoms with Crippen LogP contribution in [0.5, 0.6) is 0 Å². The number of aliphatic hydroxyl groups is 2. The summed E-state index contributed by atoms with van der Waals surface area (Å²) in [6.45, 7) is 3.32. The minimum absolute atomic E-state index is 0. The van der Waals surface area contributed by atoms with Gasteiger partial charge in [-0.2, -0.15) is 0 Å². The number of hydrogen-bond acceptors (Lipinski definition) is 4. The summed E-state index contributed by atoms with van der Waals surface area (Å²) in [5.41, 5.74) is 3.71. The number of halogens is 2. The van der Waals surface area contributed by atoms with Crippen LogP contribution in [0.25, 0.3) is 33.8 Å². The van der Waals surface area contributed by atoms with Crippen LogP contribution in [0.4, 0.5) is 8.78 Å². The van der Waals surface area contributed by atoms with Gasteiger partial charge in [-0.3, -0.25) is 4.98 Å². The van der Waals surface area contributed by atoms with Gasteiger partial charge in [-0.25, -0.2) is 8.78 Å². The number of nitrogens with zero attached hydrogens (tertiary/aromatic N) is 2. The number of rotatable bonds is 5. The van der Waals surface area contributed by atoms with E-state index in [1.54, 1.807) is 13.8 Å². The Morgan fingerprint density at radius 2 is 1.44 bits per heavy atom. The smallest absolute Gasteiger partial charge is 0.126 e. The van der Waals surface area contributed by atoms with Crippen molar-refractivity contribution in [1.82, 2.24) is 9.97 Å². The molecule has 4 aromatic rings. The fourth-order valence-corrected chi connectivity index (χ4v) is 3.26. The molecule has 1 heterocycles. The maximum atomic E-state index is 13.6. The van der Waals surface area contributed by atoms with Crippen LogP contribution in [0.2, 0.25) is 0 Å². The molecule has 0 spiro atoms. The molecule has 4 rings (SSSR count). The van der Waals surface area contributed by atoms with E-state index in [9.17, 15) is 8.78 Å². The first-order chi connectivity index (χ1) is 15.8. The van der Waals surface area contributed by atoms with Gasteiger partial charge in [0.2, 0.25) is 0 Å². The Morgan fingerprint density at radius 3 is 1.97 bits per heavy atom. The first-order valence-electron chi connectivity index (χ1n) is 10.6. The third-order valence-corrected chi connectivity index (χ3v) is 4.62. The van der Waals surface area contributed by atoms with Crippen LogP contribution < -0.4 is 0 Å². The van der Waals surface area contributed by atoms with E-state index in [-0.39, 0.29) is 32.3 Å². The predicted octanol–water partition coefficient (Wildman–Crippen LogP) is 5.69. The molecule has 0 saturated carbocycles. The quantitative estimate of drug-likeness (QED) is 0.276. The summed E-state index contributed by atoms with van der Waals surface area (Å²) < 4.78 is 27.2. The second kappa shape index (κ2) is 13.2. The van der Waals surface area contributed by atoms with Crippen molar-refractivity contribution in [3.05, 3.63) is 96.7 Å². The Labute approximate surface area is 211 Å². The van der Waals surface area contributed by atoms with E-state index in [0.717, 1.165) is 17.2 Å². The first-order valence-corrected chi connectivity index (χ1v) is 10.6. The zero-order valence-corrected chi connectivity index (χ0v) is 21.1. The van der Waals surface area contributed by atoms with Crippen LogP contribution in [0.3, 0.4) is 0 Å². The van der Waals surface area contributed by atoms with Gasteiger partial charge in [-0.1, -0.05) is 30.3 Å². The Balaban J connectivity index is 0.000000449. The average Bonchev–Trinajstić information content (AvgIpc) is 2.79. The number of aliphatic hydroxyl groups excluding tert-OH is 2. The average molecular weight is 640 g/mol. The summed E-state index contributed by atoms with van der Waals surface area (Å²) in [7, 11) is 0. The standard InChI is InChI=1S/C22H13F2N2.C5H12O2.Ir/c23-18-11-17(12-19(24)13-18)20-14-25-21(15-7-3-1-4-8-15)22(26-20)16-9-5-2-6-10-16;1-4(6)3-5(2)7;/h1-7,9-14H;4-7H,3H2,1-2H3;/q-1;;. The van der Waals surface area contributed by atoms with Crippen molar-refractivity contribution in [1.29, 1.82) is 0 Å². The molecule has 2 atom stereocenters. The van der Waals surface area contributed by atoms with Crippen LogP contribution in [0.1, 0.15) is 20.3 Å². The molecule has 179 valence electrons. The molecule has 1 aromatic heterocycles. The molecule has 0 aliphatic carbocycles.